The molecular formula is C38H55N5O10. The summed E-state index contributed by atoms with van der Waals surface area (Å²) in [7, 11) is 0. The normalized spacial score (nSPS) is 32.4. The van der Waals surface area contributed by atoms with E-state index in [1.54, 1.807) is 4.90 Å². The number of carbonyl (C=O) groups is 3. The second kappa shape index (κ2) is 16.3. The van der Waals surface area contributed by atoms with Crippen LogP contribution >= 0.6 is 0 Å². The summed E-state index contributed by atoms with van der Waals surface area (Å²) in [5.41, 5.74) is 7.70. The third-order valence-corrected chi connectivity index (χ3v) is 12.7. The van der Waals surface area contributed by atoms with Gasteiger partial charge in [0, 0.05) is 32.2 Å². The summed E-state index contributed by atoms with van der Waals surface area (Å²) in [6, 6.07) is 8.81. The zero-order chi connectivity index (χ0) is 38.1. The van der Waals surface area contributed by atoms with Crippen LogP contribution in [0.3, 0.4) is 0 Å². The topological polar surface area (TPSA) is 230 Å². The minimum Gasteiger partial charge on any atom is -0.394 e. The Morgan fingerprint density at radius 3 is 2.26 bits per heavy atom. The number of amides is 2. The van der Waals surface area contributed by atoms with Crippen LogP contribution < -0.4 is 5.73 Å². The van der Waals surface area contributed by atoms with E-state index in [4.69, 9.17) is 20.3 Å². The summed E-state index contributed by atoms with van der Waals surface area (Å²) in [5.74, 6) is 1.11. The van der Waals surface area contributed by atoms with Crippen LogP contribution in [0, 0.1) is 34.5 Å². The number of fused-ring (bicyclic) bond motifs is 1. The Morgan fingerprint density at radius 2 is 1.66 bits per heavy atom. The Balaban J connectivity index is 1.05. The minimum atomic E-state index is -1.70. The molecule has 292 valence electrons. The molecule has 6 fully saturated rings. The predicted octanol–water partition coefficient (Wildman–Crippen LogP) is 0.235. The first-order valence-electron chi connectivity index (χ1n) is 19.0. The molecule has 53 heavy (non-hydrogen) atoms. The second-order valence-electron chi connectivity index (χ2n) is 16.4. The van der Waals surface area contributed by atoms with E-state index < -0.39 is 54.8 Å². The molecule has 15 nitrogen and oxygen atoms in total. The van der Waals surface area contributed by atoms with Gasteiger partial charge in [0.15, 0.2) is 0 Å². The number of likely N-dealkylation sites (tertiary alicyclic amines) is 1. The van der Waals surface area contributed by atoms with Crippen molar-refractivity contribution in [3.8, 4) is 6.07 Å². The molecule has 15 heteroatoms. The fourth-order valence-corrected chi connectivity index (χ4v) is 10.3. The van der Waals surface area contributed by atoms with Crippen molar-refractivity contribution in [2.75, 3.05) is 32.8 Å². The van der Waals surface area contributed by atoms with Crippen molar-refractivity contribution in [3.63, 3.8) is 0 Å². The number of hydrogen-bond donors (Lipinski definition) is 6. The maximum atomic E-state index is 13.9. The molecule has 6 aliphatic rings. The van der Waals surface area contributed by atoms with Gasteiger partial charge in [-0.3, -0.25) is 14.5 Å². The zero-order valence-electron chi connectivity index (χ0n) is 30.4. The van der Waals surface area contributed by atoms with Gasteiger partial charge in [-0.1, -0.05) is 31.2 Å². The third-order valence-electron chi connectivity index (χ3n) is 12.7. The number of benzene rings is 1. The van der Waals surface area contributed by atoms with Crippen LogP contribution in [0.2, 0.25) is 0 Å². The number of piperidine rings is 1. The van der Waals surface area contributed by atoms with E-state index in [1.165, 1.54) is 4.90 Å². The van der Waals surface area contributed by atoms with Crippen molar-refractivity contribution < 1.29 is 49.4 Å². The Morgan fingerprint density at radius 1 is 1.02 bits per heavy atom. The van der Waals surface area contributed by atoms with Gasteiger partial charge in [0.25, 0.3) is 0 Å². The van der Waals surface area contributed by atoms with Gasteiger partial charge in [-0.25, -0.2) is 4.79 Å². The number of aliphatic hydroxyl groups is 5. The van der Waals surface area contributed by atoms with E-state index in [-0.39, 0.29) is 50.1 Å². The lowest BCUT2D eigenvalue weighted by Crippen LogP contribution is -2.65. The average Bonchev–Trinajstić information content (AvgIpc) is 3.81. The number of likely N-dealkylation sites (N-methyl/N-ethyl adjacent to an activating group) is 1. The first kappa shape index (κ1) is 39.5. The molecule has 7 N–H and O–H groups in total. The highest BCUT2D eigenvalue weighted by Crippen LogP contribution is 2.64. The van der Waals surface area contributed by atoms with E-state index in [0.717, 1.165) is 56.1 Å². The second-order valence-corrected chi connectivity index (χ2v) is 16.4. The van der Waals surface area contributed by atoms with E-state index in [1.807, 2.05) is 36.1 Å². The number of nitriles is 1. The van der Waals surface area contributed by atoms with Gasteiger partial charge in [-0.15, -0.1) is 0 Å². The van der Waals surface area contributed by atoms with Crippen molar-refractivity contribution in [1.29, 1.82) is 5.26 Å². The molecule has 1 heterocycles. The van der Waals surface area contributed by atoms with Crippen LogP contribution in [0.1, 0.15) is 69.4 Å². The number of ether oxygens (including phenoxy) is 2. The summed E-state index contributed by atoms with van der Waals surface area (Å²) >= 11 is 0. The molecule has 1 aromatic rings. The van der Waals surface area contributed by atoms with Crippen molar-refractivity contribution in [3.05, 3.63) is 35.4 Å². The highest BCUT2D eigenvalue weighted by Gasteiger charge is 2.63. The van der Waals surface area contributed by atoms with Gasteiger partial charge in [-0.05, 0) is 92.2 Å². The fraction of sp³-hybridized carbons (Fsp3) is 0.737. The Kier molecular flexibility index (Phi) is 12.1. The number of rotatable bonds is 18. The smallest absolute Gasteiger partial charge is 0.394 e. The SMILES string of the molecule is CCN(Cc1ccc(CN(CCO[C@]23C[C@H]4C[C@H](C2)C[C@@]([C@H](N)C(=O)N2[C@H](C#N)C[C@@H]5C[C@@H]52)(C4)C3)C(=O)OC=O)cc1)C[C@H](O)[C@@H](O)[C@H](O)[C@H](O)CO. The van der Waals surface area contributed by atoms with Gasteiger partial charge < -0.3 is 50.5 Å². The largest absolute Gasteiger partial charge is 0.417 e. The zero-order valence-corrected chi connectivity index (χ0v) is 30.4. The molecule has 0 unspecified atom stereocenters. The molecule has 2 amide bonds. The number of nitrogens with zero attached hydrogens (tertiary/aromatic N) is 4. The molecule has 0 spiro atoms. The van der Waals surface area contributed by atoms with Crippen molar-refractivity contribution in [2.24, 2.45) is 28.9 Å². The lowest BCUT2D eigenvalue weighted by Gasteiger charge is -2.63. The van der Waals surface area contributed by atoms with Crippen molar-refractivity contribution >= 4 is 18.5 Å². The Labute approximate surface area is 310 Å². The Bertz CT molecular complexity index is 1490. The number of hydrogen-bond acceptors (Lipinski definition) is 13. The molecular weight excluding hydrogens is 686 g/mol. The standard InChI is InChI=1S/C38H55N5O10/c1-2-41(19-30(46)32(48)33(49)31(47)20-44)17-23-3-5-24(6-4-23)18-42(36(51)52-22-45)7-8-53-38-14-25-9-26(15-38)13-37(12-25,21-38)34(40)35(50)43-28(16-39)10-27-11-29(27)43/h3-6,22,25-34,44,46-49H,2,7-15,17-21,40H2,1H3/t25-,26-,27+,28-,29-,30-,31+,32+,33+,34+,37-,38+/m0/s1. The lowest BCUT2D eigenvalue weighted by atomic mass is 9.46. The summed E-state index contributed by atoms with van der Waals surface area (Å²) in [6.07, 6.45) is -0.143. The monoisotopic (exact) mass is 741 g/mol. The van der Waals surface area contributed by atoms with E-state index in [2.05, 4.69) is 6.07 Å². The van der Waals surface area contributed by atoms with Gasteiger partial charge in [0.2, 0.25) is 5.91 Å². The molecule has 5 aliphatic carbocycles. The van der Waals surface area contributed by atoms with E-state index in [9.17, 15) is 40.1 Å². The van der Waals surface area contributed by atoms with Gasteiger partial charge in [0.05, 0.1) is 37.0 Å². The maximum Gasteiger partial charge on any atom is 0.417 e. The molecule has 5 saturated carbocycles. The molecule has 4 bridgehead atoms. The summed E-state index contributed by atoms with van der Waals surface area (Å²) in [5, 5.41) is 59.0. The quantitative estimate of drug-likeness (QED) is 0.0876. The minimum absolute atomic E-state index is 0.00722. The van der Waals surface area contributed by atoms with E-state index in [0.29, 0.717) is 37.3 Å². The predicted molar refractivity (Wildman–Crippen MR) is 188 cm³/mol. The van der Waals surface area contributed by atoms with Gasteiger partial charge in [-0.2, -0.15) is 5.26 Å². The first-order chi connectivity index (χ1) is 25.3. The van der Waals surface area contributed by atoms with E-state index >= 15 is 0 Å². The molecule has 1 saturated heterocycles. The molecule has 1 aromatic carbocycles. The van der Waals surface area contributed by atoms with Crippen LogP contribution in [0.25, 0.3) is 0 Å². The van der Waals surface area contributed by atoms with Crippen molar-refractivity contribution in [2.45, 2.75) is 120 Å². The lowest BCUT2D eigenvalue weighted by molar-refractivity contribution is -0.201. The first-order valence-corrected chi connectivity index (χ1v) is 19.0. The highest BCUT2D eigenvalue weighted by molar-refractivity contribution is 5.84. The molecule has 0 aromatic heterocycles. The highest BCUT2D eigenvalue weighted by atomic mass is 16.6. The fourth-order valence-electron chi connectivity index (χ4n) is 10.3. The number of carbonyl (C=O) groups excluding carboxylic acids is 3. The van der Waals surface area contributed by atoms with Crippen LogP contribution in [-0.4, -0.2) is 140 Å². The van der Waals surface area contributed by atoms with Crippen LogP contribution in [0.15, 0.2) is 24.3 Å². The van der Waals surface area contributed by atoms with Crippen LogP contribution in [0.4, 0.5) is 4.79 Å². The van der Waals surface area contributed by atoms with Crippen LogP contribution in [0.5, 0.6) is 0 Å². The van der Waals surface area contributed by atoms with Crippen molar-refractivity contribution in [1.82, 2.24) is 14.7 Å². The molecule has 7 rings (SSSR count). The summed E-state index contributed by atoms with van der Waals surface area (Å²) < 4.78 is 11.4. The average molecular weight is 742 g/mol. The summed E-state index contributed by atoms with van der Waals surface area (Å²) in [4.78, 5) is 42.9. The van der Waals surface area contributed by atoms with Gasteiger partial charge in [0.1, 0.15) is 24.4 Å². The third kappa shape index (κ3) is 8.40. The molecule has 10 atom stereocenters. The van der Waals surface area contributed by atoms with Crippen LogP contribution in [-0.2, 0) is 32.2 Å². The Hall–Kier alpha value is -3.20. The number of nitrogens with two attached hydrogens (primary N) is 1. The van der Waals surface area contributed by atoms with Gasteiger partial charge >= 0.3 is 12.6 Å². The summed E-state index contributed by atoms with van der Waals surface area (Å²) in [6.45, 7) is 2.70. The maximum absolute atomic E-state index is 13.9. The molecule has 0 radical (unpaired) electrons. The molecule has 1 aliphatic heterocycles. The number of aliphatic hydroxyl groups excluding tert-OH is 5.